The molecule has 0 heterocycles. The van der Waals surface area contributed by atoms with Gasteiger partial charge in [0.05, 0.1) is 18.0 Å². The van der Waals surface area contributed by atoms with Gasteiger partial charge in [-0.3, -0.25) is 4.79 Å². The van der Waals surface area contributed by atoms with E-state index < -0.39 is 18.2 Å². The standard InChI is InChI=1S/C4H10O2S2.C2H4O2S/c5-3(1-7)4(6)2-8;3-2(4)1-5/h3-8H,1-2H2;5H,1H2,(H,3,4)/t3-,4+;. The van der Waals surface area contributed by atoms with Gasteiger partial charge in [0.1, 0.15) is 0 Å². The molecular formula is C6H14O4S3. The Balaban J connectivity index is 0. The summed E-state index contributed by atoms with van der Waals surface area (Å²) in [5.41, 5.74) is 0. The Morgan fingerprint density at radius 2 is 1.31 bits per heavy atom. The first-order valence-corrected chi connectivity index (χ1v) is 5.29. The monoisotopic (exact) mass is 246 g/mol. The summed E-state index contributed by atoms with van der Waals surface area (Å²) < 4.78 is 0. The fourth-order valence-electron chi connectivity index (χ4n) is 0.243. The van der Waals surface area contributed by atoms with E-state index in [2.05, 4.69) is 37.9 Å². The zero-order valence-electron chi connectivity index (χ0n) is 6.87. The number of thiol groups is 3. The zero-order chi connectivity index (χ0) is 10.9. The summed E-state index contributed by atoms with van der Waals surface area (Å²) in [6, 6.07) is 0. The normalized spacial score (nSPS) is 13.9. The van der Waals surface area contributed by atoms with E-state index in [1.807, 2.05) is 0 Å². The van der Waals surface area contributed by atoms with Gasteiger partial charge in [0.25, 0.3) is 0 Å². The maximum Gasteiger partial charge on any atom is 0.313 e. The fraction of sp³-hybridized carbons (Fsp3) is 0.833. The number of hydrogen-bond donors (Lipinski definition) is 6. The third-order valence-corrected chi connectivity index (χ3v) is 1.97. The summed E-state index contributed by atoms with van der Waals surface area (Å²) in [7, 11) is 0. The molecule has 0 fully saturated rings. The van der Waals surface area contributed by atoms with Gasteiger partial charge in [0.15, 0.2) is 0 Å². The first kappa shape index (κ1) is 15.9. The van der Waals surface area contributed by atoms with Crippen molar-refractivity contribution in [3.05, 3.63) is 0 Å². The molecule has 0 aliphatic rings. The lowest BCUT2D eigenvalue weighted by molar-refractivity contribution is -0.133. The van der Waals surface area contributed by atoms with Crippen molar-refractivity contribution in [1.29, 1.82) is 0 Å². The van der Waals surface area contributed by atoms with Gasteiger partial charge in [0.2, 0.25) is 0 Å². The number of carbonyl (C=O) groups is 1. The third-order valence-electron chi connectivity index (χ3n) is 0.954. The van der Waals surface area contributed by atoms with Crippen molar-refractivity contribution in [1.82, 2.24) is 0 Å². The smallest absolute Gasteiger partial charge is 0.313 e. The molecule has 80 valence electrons. The Morgan fingerprint density at radius 3 is 1.38 bits per heavy atom. The molecule has 0 radical (unpaired) electrons. The van der Waals surface area contributed by atoms with E-state index in [0.717, 1.165) is 0 Å². The second kappa shape index (κ2) is 10.5. The first-order valence-electron chi connectivity index (χ1n) is 3.40. The van der Waals surface area contributed by atoms with E-state index in [9.17, 15) is 4.79 Å². The van der Waals surface area contributed by atoms with Gasteiger partial charge in [-0.25, -0.2) is 0 Å². The van der Waals surface area contributed by atoms with E-state index in [1.54, 1.807) is 0 Å². The third kappa shape index (κ3) is 12.4. The molecule has 13 heavy (non-hydrogen) atoms. The lowest BCUT2D eigenvalue weighted by Crippen LogP contribution is -2.28. The van der Waals surface area contributed by atoms with Gasteiger partial charge in [-0.05, 0) is 0 Å². The van der Waals surface area contributed by atoms with Crippen LogP contribution in [0, 0.1) is 0 Å². The minimum absolute atomic E-state index is 0.0833. The summed E-state index contributed by atoms with van der Waals surface area (Å²) in [4.78, 5) is 9.29. The largest absolute Gasteiger partial charge is 0.481 e. The van der Waals surface area contributed by atoms with Gasteiger partial charge in [-0.2, -0.15) is 37.9 Å². The molecule has 0 aliphatic heterocycles. The molecular weight excluding hydrogens is 232 g/mol. The Labute approximate surface area is 93.6 Å². The second-order valence-corrected chi connectivity index (χ2v) is 3.10. The van der Waals surface area contributed by atoms with Crippen LogP contribution in [0.2, 0.25) is 0 Å². The van der Waals surface area contributed by atoms with E-state index >= 15 is 0 Å². The summed E-state index contributed by atoms with van der Waals surface area (Å²) in [6.45, 7) is 0. The first-order chi connectivity index (χ1) is 5.99. The molecule has 0 saturated carbocycles. The number of aliphatic hydroxyl groups excluding tert-OH is 2. The van der Waals surface area contributed by atoms with Crippen LogP contribution < -0.4 is 0 Å². The fourth-order valence-corrected chi connectivity index (χ4v) is 0.730. The zero-order valence-corrected chi connectivity index (χ0v) is 9.55. The van der Waals surface area contributed by atoms with Crippen LogP contribution in [-0.2, 0) is 4.79 Å². The van der Waals surface area contributed by atoms with Crippen LogP contribution in [0.3, 0.4) is 0 Å². The lowest BCUT2D eigenvalue weighted by atomic mass is 10.3. The van der Waals surface area contributed by atoms with Gasteiger partial charge >= 0.3 is 5.97 Å². The highest BCUT2D eigenvalue weighted by molar-refractivity contribution is 7.81. The topological polar surface area (TPSA) is 77.8 Å². The molecule has 0 aliphatic carbocycles. The van der Waals surface area contributed by atoms with Crippen LogP contribution in [0.25, 0.3) is 0 Å². The molecule has 0 aromatic heterocycles. The van der Waals surface area contributed by atoms with Crippen LogP contribution in [0.5, 0.6) is 0 Å². The minimum atomic E-state index is -0.881. The Hall–Kier alpha value is 0.440. The molecule has 0 aromatic rings. The Kier molecular flexibility index (Phi) is 12.9. The molecule has 0 rings (SSSR count). The van der Waals surface area contributed by atoms with Gasteiger partial charge in [-0.15, -0.1) is 0 Å². The summed E-state index contributed by atoms with van der Waals surface area (Å²) in [5, 5.41) is 25.1. The highest BCUT2D eigenvalue weighted by atomic mass is 32.1. The molecule has 0 spiro atoms. The minimum Gasteiger partial charge on any atom is -0.481 e. The van der Waals surface area contributed by atoms with Crippen molar-refractivity contribution in [3.8, 4) is 0 Å². The van der Waals surface area contributed by atoms with Crippen molar-refractivity contribution in [2.45, 2.75) is 12.2 Å². The quantitative estimate of drug-likeness (QED) is 0.381. The average molecular weight is 246 g/mol. The molecule has 0 aromatic carbocycles. The number of hydrogen-bond acceptors (Lipinski definition) is 6. The van der Waals surface area contributed by atoms with Crippen molar-refractivity contribution < 1.29 is 20.1 Å². The SMILES string of the molecule is O=C(O)CS.O[C@H](CS)[C@@H](O)CS. The molecule has 7 heteroatoms. The molecule has 4 nitrogen and oxygen atoms in total. The number of aliphatic carboxylic acids is 1. The summed E-state index contributed by atoms with van der Waals surface area (Å²) >= 11 is 10.9. The number of aliphatic hydroxyl groups is 2. The number of carboxylic acid groups (broad SMARTS) is 1. The van der Waals surface area contributed by atoms with E-state index in [0.29, 0.717) is 0 Å². The number of rotatable bonds is 4. The highest BCUT2D eigenvalue weighted by Crippen LogP contribution is 1.96. The van der Waals surface area contributed by atoms with Gasteiger partial charge in [-0.1, -0.05) is 0 Å². The average Bonchev–Trinajstić information content (AvgIpc) is 2.16. The maximum atomic E-state index is 9.29. The van der Waals surface area contributed by atoms with Crippen molar-refractivity contribution >= 4 is 43.9 Å². The molecule has 0 unspecified atom stereocenters. The predicted octanol–water partition coefficient (Wildman–Crippen LogP) is -0.431. The van der Waals surface area contributed by atoms with Crippen molar-refractivity contribution in [2.75, 3.05) is 17.3 Å². The van der Waals surface area contributed by atoms with Crippen LogP contribution in [0.4, 0.5) is 0 Å². The molecule has 0 bridgehead atoms. The summed E-state index contributed by atoms with van der Waals surface area (Å²) in [5.74, 6) is -0.406. The van der Waals surface area contributed by atoms with Crippen LogP contribution in [0.1, 0.15) is 0 Å². The van der Waals surface area contributed by atoms with Crippen molar-refractivity contribution in [3.63, 3.8) is 0 Å². The molecule has 0 amide bonds. The lowest BCUT2D eigenvalue weighted by Gasteiger charge is -2.11. The Bertz CT molecular complexity index is 125. The molecule has 0 saturated heterocycles. The highest BCUT2D eigenvalue weighted by Gasteiger charge is 2.10. The molecule has 2 atom stereocenters. The van der Waals surface area contributed by atoms with Crippen LogP contribution >= 0.6 is 37.9 Å². The van der Waals surface area contributed by atoms with Gasteiger partial charge in [0, 0.05) is 11.5 Å². The maximum absolute atomic E-state index is 9.29. The van der Waals surface area contributed by atoms with E-state index in [4.69, 9.17) is 15.3 Å². The van der Waals surface area contributed by atoms with Crippen molar-refractivity contribution in [2.24, 2.45) is 0 Å². The number of carboxylic acids is 1. The predicted molar refractivity (Wildman–Crippen MR) is 61.2 cm³/mol. The second-order valence-electron chi connectivity index (χ2n) is 2.05. The van der Waals surface area contributed by atoms with E-state index in [1.165, 1.54) is 0 Å². The van der Waals surface area contributed by atoms with E-state index in [-0.39, 0.29) is 17.3 Å². The summed E-state index contributed by atoms with van der Waals surface area (Å²) in [6.07, 6.45) is -1.48. The van der Waals surface area contributed by atoms with Crippen LogP contribution in [0.15, 0.2) is 0 Å². The Morgan fingerprint density at radius 1 is 1.08 bits per heavy atom. The van der Waals surface area contributed by atoms with Gasteiger partial charge < -0.3 is 15.3 Å². The van der Waals surface area contributed by atoms with Crippen LogP contribution in [-0.4, -0.2) is 50.8 Å². The molecule has 3 N–H and O–H groups in total.